The van der Waals surface area contributed by atoms with Gasteiger partial charge in [-0.3, -0.25) is 4.98 Å². The molecule has 0 atom stereocenters. The molecule has 0 radical (unpaired) electrons. The summed E-state index contributed by atoms with van der Waals surface area (Å²) < 4.78 is 52.8. The van der Waals surface area contributed by atoms with Gasteiger partial charge in [0, 0.05) is 24.7 Å². The van der Waals surface area contributed by atoms with Crippen molar-refractivity contribution < 1.29 is 17.2 Å². The molecule has 1 aliphatic rings. The molecule has 0 bridgehead atoms. The highest BCUT2D eigenvalue weighted by molar-refractivity contribution is 7.88. The van der Waals surface area contributed by atoms with Crippen LogP contribution < -0.4 is 0 Å². The zero-order valence-electron chi connectivity index (χ0n) is 16.8. The van der Waals surface area contributed by atoms with Gasteiger partial charge in [0.15, 0.2) is 5.82 Å². The van der Waals surface area contributed by atoms with E-state index in [9.17, 15) is 17.2 Å². The highest BCUT2D eigenvalue weighted by atomic mass is 32.2. The van der Waals surface area contributed by atoms with Gasteiger partial charge in [-0.25, -0.2) is 17.2 Å². The van der Waals surface area contributed by atoms with Crippen LogP contribution in [0, 0.1) is 18.6 Å². The van der Waals surface area contributed by atoms with Crippen LogP contribution in [-0.4, -0.2) is 30.5 Å². The molecule has 0 saturated heterocycles. The molecule has 0 N–H and O–H groups in total. The van der Waals surface area contributed by atoms with Crippen molar-refractivity contribution in [2.45, 2.75) is 26.3 Å². The average molecular weight is 429 g/mol. The van der Waals surface area contributed by atoms with Gasteiger partial charge in [-0.05, 0) is 53.6 Å². The minimum absolute atomic E-state index is 0.134. The van der Waals surface area contributed by atoms with Gasteiger partial charge in [-0.1, -0.05) is 30.3 Å². The van der Waals surface area contributed by atoms with Gasteiger partial charge < -0.3 is 0 Å². The Morgan fingerprint density at radius 1 is 1.13 bits per heavy atom. The van der Waals surface area contributed by atoms with E-state index in [1.807, 2.05) is 43.3 Å². The van der Waals surface area contributed by atoms with Gasteiger partial charge in [0.2, 0.25) is 10.0 Å². The first kappa shape index (κ1) is 20.6. The van der Waals surface area contributed by atoms with Crippen LogP contribution in [0.4, 0.5) is 8.78 Å². The second-order valence-corrected chi connectivity index (χ2v) is 9.69. The molecule has 0 saturated carbocycles. The van der Waals surface area contributed by atoms with Crippen LogP contribution in [-0.2, 0) is 29.4 Å². The van der Waals surface area contributed by atoms with Crippen molar-refractivity contribution in [3.63, 3.8) is 0 Å². The molecule has 4 nitrogen and oxygen atoms in total. The van der Waals surface area contributed by atoms with Gasteiger partial charge >= 0.3 is 0 Å². The Bertz CT molecular complexity index is 1230. The average Bonchev–Trinajstić information content (AvgIpc) is 2.69. The molecule has 1 aliphatic heterocycles. The summed E-state index contributed by atoms with van der Waals surface area (Å²) in [7, 11) is -3.22. The Kier molecular flexibility index (Phi) is 5.42. The standard InChI is InChI=1S/C23H22F2N2O2S/c1-15-6-7-16(11-21(15)23-22(25)12-19(24)13-26-23)10-17-4-3-5-18-14-27(30(2,28)29)9-8-20(17)18/h3-7,11-13H,8-10,14H2,1-2H3. The number of sulfonamides is 1. The van der Waals surface area contributed by atoms with E-state index in [1.165, 1.54) is 16.1 Å². The number of nitrogens with zero attached hydrogens (tertiary/aromatic N) is 2. The van der Waals surface area contributed by atoms with Crippen LogP contribution in [0.3, 0.4) is 0 Å². The van der Waals surface area contributed by atoms with Crippen LogP contribution in [0.1, 0.15) is 27.8 Å². The van der Waals surface area contributed by atoms with Crippen molar-refractivity contribution >= 4 is 10.0 Å². The molecular weight excluding hydrogens is 406 g/mol. The largest absolute Gasteiger partial charge is 0.250 e. The van der Waals surface area contributed by atoms with Gasteiger partial charge in [0.1, 0.15) is 11.5 Å². The topological polar surface area (TPSA) is 50.3 Å². The SMILES string of the molecule is Cc1ccc(Cc2cccc3c2CCN(S(C)(=O)=O)C3)cc1-c1ncc(F)cc1F. The molecule has 2 heterocycles. The Labute approximate surface area is 175 Å². The van der Waals surface area contributed by atoms with Gasteiger partial charge in [0.05, 0.1) is 12.5 Å². The maximum Gasteiger partial charge on any atom is 0.211 e. The molecule has 0 aliphatic carbocycles. The highest BCUT2D eigenvalue weighted by Crippen LogP contribution is 2.29. The molecule has 0 spiro atoms. The third-order valence-electron chi connectivity index (χ3n) is 5.56. The Hall–Kier alpha value is -2.64. The third kappa shape index (κ3) is 4.13. The number of aromatic nitrogens is 1. The van der Waals surface area contributed by atoms with Crippen molar-refractivity contribution in [1.29, 1.82) is 0 Å². The van der Waals surface area contributed by atoms with E-state index in [0.717, 1.165) is 34.5 Å². The van der Waals surface area contributed by atoms with Crippen LogP contribution in [0.2, 0.25) is 0 Å². The van der Waals surface area contributed by atoms with Gasteiger partial charge in [-0.2, -0.15) is 4.31 Å². The van der Waals surface area contributed by atoms with E-state index in [1.54, 1.807) is 0 Å². The third-order valence-corrected chi connectivity index (χ3v) is 6.81. The molecule has 0 fully saturated rings. The van der Waals surface area contributed by atoms with Crippen molar-refractivity contribution in [1.82, 2.24) is 9.29 Å². The zero-order valence-corrected chi connectivity index (χ0v) is 17.6. The normalized spacial score (nSPS) is 14.5. The number of rotatable bonds is 4. The predicted octanol–water partition coefficient (Wildman–Crippen LogP) is 4.24. The van der Waals surface area contributed by atoms with E-state index in [4.69, 9.17) is 0 Å². The number of aryl methyl sites for hydroxylation is 1. The van der Waals surface area contributed by atoms with Crippen LogP contribution >= 0.6 is 0 Å². The number of fused-ring (bicyclic) bond motifs is 1. The minimum atomic E-state index is -3.22. The monoisotopic (exact) mass is 428 g/mol. The fourth-order valence-electron chi connectivity index (χ4n) is 3.98. The lowest BCUT2D eigenvalue weighted by atomic mass is 9.90. The van der Waals surface area contributed by atoms with Crippen molar-refractivity contribution in [2.75, 3.05) is 12.8 Å². The van der Waals surface area contributed by atoms with Crippen LogP contribution in [0.25, 0.3) is 11.3 Å². The molecule has 30 heavy (non-hydrogen) atoms. The first-order valence-corrected chi connectivity index (χ1v) is 11.5. The zero-order chi connectivity index (χ0) is 21.5. The first-order valence-electron chi connectivity index (χ1n) is 9.68. The molecule has 0 unspecified atom stereocenters. The Morgan fingerprint density at radius 2 is 1.93 bits per heavy atom. The number of halogens is 2. The highest BCUT2D eigenvalue weighted by Gasteiger charge is 2.24. The summed E-state index contributed by atoms with van der Waals surface area (Å²) in [5.41, 5.74) is 5.93. The van der Waals surface area contributed by atoms with E-state index in [-0.39, 0.29) is 5.69 Å². The maximum atomic E-state index is 14.3. The molecule has 3 aromatic rings. The molecule has 1 aromatic heterocycles. The summed E-state index contributed by atoms with van der Waals surface area (Å²) in [5, 5.41) is 0. The summed E-state index contributed by atoms with van der Waals surface area (Å²) in [4.78, 5) is 3.95. The summed E-state index contributed by atoms with van der Waals surface area (Å²) in [6.07, 6.45) is 3.55. The molecular formula is C23H22F2N2O2S. The van der Waals surface area contributed by atoms with Gasteiger partial charge in [-0.15, -0.1) is 0 Å². The number of pyridine rings is 1. The van der Waals surface area contributed by atoms with Gasteiger partial charge in [0.25, 0.3) is 0 Å². The first-order chi connectivity index (χ1) is 14.2. The predicted molar refractivity (Wildman–Crippen MR) is 113 cm³/mol. The Balaban J connectivity index is 1.67. The lowest BCUT2D eigenvalue weighted by Gasteiger charge is -2.28. The fourth-order valence-corrected chi connectivity index (χ4v) is 4.77. The van der Waals surface area contributed by atoms with Crippen molar-refractivity contribution in [2.24, 2.45) is 0 Å². The van der Waals surface area contributed by atoms with E-state index >= 15 is 0 Å². The van der Waals surface area contributed by atoms with E-state index < -0.39 is 21.7 Å². The molecule has 7 heteroatoms. The minimum Gasteiger partial charge on any atom is -0.250 e. The molecule has 2 aromatic carbocycles. The summed E-state index contributed by atoms with van der Waals surface area (Å²) >= 11 is 0. The smallest absolute Gasteiger partial charge is 0.211 e. The Morgan fingerprint density at radius 3 is 2.67 bits per heavy atom. The molecule has 0 amide bonds. The van der Waals surface area contributed by atoms with E-state index in [0.29, 0.717) is 31.5 Å². The lowest BCUT2D eigenvalue weighted by Crippen LogP contribution is -2.35. The summed E-state index contributed by atoms with van der Waals surface area (Å²) in [6, 6.07) is 12.6. The number of hydrogen-bond acceptors (Lipinski definition) is 3. The van der Waals surface area contributed by atoms with Crippen LogP contribution in [0.5, 0.6) is 0 Å². The second-order valence-electron chi connectivity index (χ2n) is 7.71. The molecule has 4 rings (SSSR count). The van der Waals surface area contributed by atoms with E-state index in [2.05, 4.69) is 4.98 Å². The van der Waals surface area contributed by atoms with Crippen molar-refractivity contribution in [3.8, 4) is 11.3 Å². The number of hydrogen-bond donors (Lipinski definition) is 0. The summed E-state index contributed by atoms with van der Waals surface area (Å²) in [6.45, 7) is 2.71. The maximum absolute atomic E-state index is 14.3. The lowest BCUT2D eigenvalue weighted by molar-refractivity contribution is 0.394. The fraction of sp³-hybridized carbons (Fsp3) is 0.261. The quantitative estimate of drug-likeness (QED) is 0.625. The van der Waals surface area contributed by atoms with Crippen LogP contribution in [0.15, 0.2) is 48.7 Å². The summed E-state index contributed by atoms with van der Waals surface area (Å²) in [5.74, 6) is -1.39. The second kappa shape index (κ2) is 7.89. The molecule has 156 valence electrons. The van der Waals surface area contributed by atoms with Crippen molar-refractivity contribution in [3.05, 3.63) is 88.1 Å². The number of benzene rings is 2.